The first-order valence-corrected chi connectivity index (χ1v) is 18.5. The Labute approximate surface area is 312 Å². The zero-order chi connectivity index (χ0) is 35.6. The van der Waals surface area contributed by atoms with Crippen LogP contribution in [-0.2, 0) is 0 Å². The Morgan fingerprint density at radius 3 is 1.72 bits per heavy atom. The van der Waals surface area contributed by atoms with Gasteiger partial charge < -0.3 is 9.32 Å². The molecule has 1 heterocycles. The van der Waals surface area contributed by atoms with Crippen molar-refractivity contribution in [3.63, 3.8) is 0 Å². The first-order chi connectivity index (χ1) is 26.7. The highest BCUT2D eigenvalue weighted by Gasteiger charge is 2.20. The van der Waals surface area contributed by atoms with E-state index in [1.807, 2.05) is 12.1 Å². The van der Waals surface area contributed by atoms with E-state index >= 15 is 0 Å². The van der Waals surface area contributed by atoms with Gasteiger partial charge >= 0.3 is 0 Å². The van der Waals surface area contributed by atoms with Gasteiger partial charge in [0.1, 0.15) is 11.2 Å². The average molecular weight is 688 g/mol. The lowest BCUT2D eigenvalue weighted by Crippen LogP contribution is -2.11. The zero-order valence-electron chi connectivity index (χ0n) is 29.4. The second-order valence-corrected chi connectivity index (χ2v) is 14.1. The van der Waals surface area contributed by atoms with Gasteiger partial charge in [-0.25, -0.2) is 0 Å². The quantitative estimate of drug-likeness (QED) is 0.168. The van der Waals surface area contributed by atoms with E-state index in [0.29, 0.717) is 0 Å². The molecule has 11 rings (SSSR count). The molecule has 0 aliphatic carbocycles. The van der Waals surface area contributed by atoms with Gasteiger partial charge in [0.05, 0.1) is 5.69 Å². The van der Waals surface area contributed by atoms with Crippen LogP contribution >= 0.6 is 0 Å². The first kappa shape index (κ1) is 30.5. The summed E-state index contributed by atoms with van der Waals surface area (Å²) >= 11 is 0. The van der Waals surface area contributed by atoms with Crippen LogP contribution in [0.2, 0.25) is 0 Å². The summed E-state index contributed by atoms with van der Waals surface area (Å²) in [4.78, 5) is 2.45. The van der Waals surface area contributed by atoms with E-state index < -0.39 is 0 Å². The molecule has 0 saturated heterocycles. The number of para-hydroxylation sites is 1. The van der Waals surface area contributed by atoms with Crippen LogP contribution in [0, 0.1) is 0 Å². The number of furan rings is 1. The van der Waals surface area contributed by atoms with Gasteiger partial charge in [0.15, 0.2) is 0 Å². The van der Waals surface area contributed by atoms with E-state index in [1.165, 1.54) is 60.0 Å². The molecule has 0 N–H and O–H groups in total. The molecule has 0 saturated carbocycles. The van der Waals surface area contributed by atoms with E-state index in [2.05, 4.69) is 193 Å². The molecule has 0 atom stereocenters. The Hall–Kier alpha value is -7.16. The Bertz CT molecular complexity index is 3210. The fourth-order valence-corrected chi connectivity index (χ4v) is 8.37. The fourth-order valence-electron chi connectivity index (χ4n) is 8.37. The molecule has 0 fully saturated rings. The third-order valence-corrected chi connectivity index (χ3v) is 11.0. The fraction of sp³-hybridized carbons (Fsp3) is 0. The van der Waals surface area contributed by atoms with Gasteiger partial charge in [-0.2, -0.15) is 0 Å². The lowest BCUT2D eigenvalue weighted by Gasteiger charge is -2.28. The van der Waals surface area contributed by atoms with Crippen molar-refractivity contribution in [3.05, 3.63) is 200 Å². The summed E-state index contributed by atoms with van der Waals surface area (Å²) in [6.07, 6.45) is 0. The molecule has 54 heavy (non-hydrogen) atoms. The number of rotatable bonds is 5. The minimum atomic E-state index is 0.913. The minimum absolute atomic E-state index is 0.913. The molecular formula is C52H33NO. The summed E-state index contributed by atoms with van der Waals surface area (Å²) in [6, 6.07) is 72.5. The van der Waals surface area contributed by atoms with Crippen LogP contribution in [-0.4, -0.2) is 0 Å². The molecule has 1 aromatic heterocycles. The number of benzene rings is 10. The highest BCUT2D eigenvalue weighted by molar-refractivity contribution is 6.18. The molecule has 0 radical (unpaired) electrons. The Morgan fingerprint density at radius 2 is 0.907 bits per heavy atom. The second kappa shape index (κ2) is 12.2. The predicted octanol–water partition coefficient (Wildman–Crippen LogP) is 15.0. The second-order valence-electron chi connectivity index (χ2n) is 14.1. The number of hydrogen-bond acceptors (Lipinski definition) is 2. The van der Waals surface area contributed by atoms with Crippen LogP contribution in [0.5, 0.6) is 0 Å². The minimum Gasteiger partial charge on any atom is -0.456 e. The summed E-state index contributed by atoms with van der Waals surface area (Å²) in [5.41, 5.74) is 9.94. The number of hydrogen-bond donors (Lipinski definition) is 0. The molecular weight excluding hydrogens is 655 g/mol. The summed E-state index contributed by atoms with van der Waals surface area (Å²) in [5, 5.41) is 11.9. The van der Waals surface area contributed by atoms with Crippen molar-refractivity contribution in [1.29, 1.82) is 0 Å². The van der Waals surface area contributed by atoms with Crippen LogP contribution in [0.25, 0.3) is 87.3 Å². The van der Waals surface area contributed by atoms with E-state index in [0.717, 1.165) is 44.4 Å². The molecule has 10 aromatic carbocycles. The monoisotopic (exact) mass is 687 g/mol. The SMILES string of the molecule is c1ccc(-c2cccc(N(c3ccc4ccc5cc6oc7ccccc7c6cc5c4c3)c3cc4cc(-c5ccccc5)ccc4c4ccccc34)c2)cc1. The van der Waals surface area contributed by atoms with Gasteiger partial charge in [-0.05, 0) is 115 Å². The Morgan fingerprint density at radius 1 is 0.278 bits per heavy atom. The van der Waals surface area contributed by atoms with Gasteiger partial charge in [0.2, 0.25) is 0 Å². The molecule has 0 unspecified atom stereocenters. The first-order valence-electron chi connectivity index (χ1n) is 18.5. The number of fused-ring (bicyclic) bond motifs is 9. The normalized spacial score (nSPS) is 11.7. The molecule has 0 aliphatic rings. The lowest BCUT2D eigenvalue weighted by molar-refractivity contribution is 0.669. The zero-order valence-corrected chi connectivity index (χ0v) is 29.4. The van der Waals surface area contributed by atoms with Gasteiger partial charge in [-0.3, -0.25) is 0 Å². The molecule has 2 nitrogen and oxygen atoms in total. The van der Waals surface area contributed by atoms with Crippen molar-refractivity contribution in [3.8, 4) is 22.3 Å². The van der Waals surface area contributed by atoms with Crippen LogP contribution in [0.15, 0.2) is 205 Å². The molecule has 0 spiro atoms. The lowest BCUT2D eigenvalue weighted by atomic mass is 9.95. The molecule has 252 valence electrons. The van der Waals surface area contributed by atoms with Crippen molar-refractivity contribution in [2.45, 2.75) is 0 Å². The van der Waals surface area contributed by atoms with Crippen molar-refractivity contribution < 1.29 is 4.42 Å². The van der Waals surface area contributed by atoms with Gasteiger partial charge in [0.25, 0.3) is 0 Å². The summed E-state index contributed by atoms with van der Waals surface area (Å²) in [7, 11) is 0. The highest BCUT2D eigenvalue weighted by Crippen LogP contribution is 2.45. The van der Waals surface area contributed by atoms with Crippen LogP contribution < -0.4 is 4.90 Å². The Kier molecular flexibility index (Phi) is 6.90. The van der Waals surface area contributed by atoms with E-state index in [1.54, 1.807) is 0 Å². The maximum Gasteiger partial charge on any atom is 0.136 e. The van der Waals surface area contributed by atoms with Crippen LogP contribution in [0.1, 0.15) is 0 Å². The average Bonchev–Trinajstić information content (AvgIpc) is 3.61. The summed E-state index contributed by atoms with van der Waals surface area (Å²) in [5.74, 6) is 0. The largest absolute Gasteiger partial charge is 0.456 e. The summed E-state index contributed by atoms with van der Waals surface area (Å²) < 4.78 is 6.30. The van der Waals surface area contributed by atoms with Gasteiger partial charge in [-0.1, -0.05) is 146 Å². The smallest absolute Gasteiger partial charge is 0.136 e. The standard InChI is InChI=1S/C52H33NO/c1-3-12-34(13-4-1)37-16-11-17-41(29-37)53(50-30-40-28-38(35-14-5-2-6-15-35)25-27-43(40)44-18-7-8-19-45(44)50)42-26-24-36-22-23-39-31-52-49(33-48(39)47(36)32-42)46-20-9-10-21-51(46)54-52/h1-33H. The molecule has 2 heteroatoms. The van der Waals surface area contributed by atoms with Gasteiger partial charge in [-0.15, -0.1) is 0 Å². The molecule has 0 bridgehead atoms. The topological polar surface area (TPSA) is 16.4 Å². The predicted molar refractivity (Wildman–Crippen MR) is 229 cm³/mol. The van der Waals surface area contributed by atoms with E-state index in [9.17, 15) is 0 Å². The maximum atomic E-state index is 6.30. The summed E-state index contributed by atoms with van der Waals surface area (Å²) in [6.45, 7) is 0. The Balaban J connectivity index is 1.19. The van der Waals surface area contributed by atoms with Crippen LogP contribution in [0.3, 0.4) is 0 Å². The molecule has 11 aromatic rings. The van der Waals surface area contributed by atoms with E-state index in [4.69, 9.17) is 4.42 Å². The highest BCUT2D eigenvalue weighted by atomic mass is 16.3. The number of anilines is 3. The molecule has 0 aliphatic heterocycles. The van der Waals surface area contributed by atoms with E-state index in [-0.39, 0.29) is 0 Å². The third kappa shape index (κ3) is 4.96. The molecule has 0 amide bonds. The number of nitrogens with zero attached hydrogens (tertiary/aromatic N) is 1. The van der Waals surface area contributed by atoms with Gasteiger partial charge in [0, 0.05) is 27.5 Å². The van der Waals surface area contributed by atoms with Crippen molar-refractivity contribution in [1.82, 2.24) is 0 Å². The van der Waals surface area contributed by atoms with Crippen molar-refractivity contribution >= 4 is 82.1 Å². The maximum absolute atomic E-state index is 6.30. The third-order valence-electron chi connectivity index (χ3n) is 11.0. The van der Waals surface area contributed by atoms with Crippen LogP contribution in [0.4, 0.5) is 17.1 Å². The van der Waals surface area contributed by atoms with Crippen molar-refractivity contribution in [2.75, 3.05) is 4.90 Å². The van der Waals surface area contributed by atoms with Crippen molar-refractivity contribution in [2.24, 2.45) is 0 Å².